The maximum atomic E-state index is 11.9. The van der Waals surface area contributed by atoms with E-state index in [1.807, 2.05) is 6.07 Å². The first-order valence-corrected chi connectivity index (χ1v) is 6.43. The van der Waals surface area contributed by atoms with Gasteiger partial charge in [-0.05, 0) is 24.6 Å². The van der Waals surface area contributed by atoms with Gasteiger partial charge in [-0.2, -0.15) is 0 Å². The number of imide groups is 1. The first kappa shape index (κ1) is 16.7. The summed E-state index contributed by atoms with van der Waals surface area (Å²) in [4.78, 5) is 34.8. The number of carboxylic acids is 1. The zero-order valence-corrected chi connectivity index (χ0v) is 12.3. The van der Waals surface area contributed by atoms with Gasteiger partial charge in [0.05, 0.1) is 6.04 Å². The van der Waals surface area contributed by atoms with Crippen molar-refractivity contribution in [1.82, 2.24) is 10.2 Å². The smallest absolute Gasteiger partial charge is 0.328 e. The number of carboxylic acid groups (broad SMARTS) is 1. The molecule has 0 radical (unpaired) electrons. The second kappa shape index (κ2) is 7.44. The standard InChI is InChI=1S/C14H15ClN2O4/c1-9(10-4-3-5-11(15)8-10)17(2)14(21)16-12(18)6-7-13(19)20/h3-9H,1-2H3,(H,19,20)(H,16,18,21). The Labute approximate surface area is 127 Å². The lowest BCUT2D eigenvalue weighted by molar-refractivity contribution is -0.131. The number of nitrogens with zero attached hydrogens (tertiary/aromatic N) is 1. The average molecular weight is 311 g/mol. The molecule has 3 amide bonds. The molecule has 0 fully saturated rings. The van der Waals surface area contributed by atoms with Crippen LogP contribution in [-0.2, 0) is 9.59 Å². The van der Waals surface area contributed by atoms with Crippen molar-refractivity contribution in [2.24, 2.45) is 0 Å². The fraction of sp³-hybridized carbons (Fsp3) is 0.214. The molecule has 1 aromatic rings. The van der Waals surface area contributed by atoms with E-state index in [1.165, 1.54) is 11.9 Å². The predicted octanol–water partition coefficient (Wildman–Crippen LogP) is 2.21. The van der Waals surface area contributed by atoms with Gasteiger partial charge in [-0.25, -0.2) is 9.59 Å². The van der Waals surface area contributed by atoms with E-state index in [9.17, 15) is 14.4 Å². The summed E-state index contributed by atoms with van der Waals surface area (Å²) in [6.07, 6.45) is 1.43. The van der Waals surface area contributed by atoms with Crippen LogP contribution in [0.5, 0.6) is 0 Å². The molecule has 1 rings (SSSR count). The van der Waals surface area contributed by atoms with Gasteiger partial charge in [-0.3, -0.25) is 10.1 Å². The molecule has 0 aromatic heterocycles. The number of rotatable bonds is 4. The number of carbonyl (C=O) groups is 3. The fourth-order valence-electron chi connectivity index (χ4n) is 1.55. The Morgan fingerprint density at radius 3 is 2.57 bits per heavy atom. The monoisotopic (exact) mass is 310 g/mol. The molecule has 1 unspecified atom stereocenters. The molecule has 0 bridgehead atoms. The number of urea groups is 1. The SMILES string of the molecule is CC(c1cccc(Cl)c1)N(C)C(=O)NC(=O)C=CC(=O)O. The summed E-state index contributed by atoms with van der Waals surface area (Å²) >= 11 is 5.89. The molecule has 1 atom stereocenters. The summed E-state index contributed by atoms with van der Waals surface area (Å²) in [5.41, 5.74) is 0.814. The zero-order chi connectivity index (χ0) is 16.0. The topological polar surface area (TPSA) is 86.7 Å². The van der Waals surface area contributed by atoms with Crippen LogP contribution in [0.15, 0.2) is 36.4 Å². The summed E-state index contributed by atoms with van der Waals surface area (Å²) in [6, 6.07) is 6.08. The van der Waals surface area contributed by atoms with E-state index in [0.29, 0.717) is 11.1 Å². The van der Waals surface area contributed by atoms with Crippen LogP contribution >= 0.6 is 11.6 Å². The molecule has 0 heterocycles. The summed E-state index contributed by atoms with van der Waals surface area (Å²) in [7, 11) is 1.52. The molecule has 112 valence electrons. The molecule has 0 saturated heterocycles. The van der Waals surface area contributed by atoms with Gasteiger partial charge in [-0.1, -0.05) is 23.7 Å². The number of halogens is 1. The maximum absolute atomic E-state index is 11.9. The second-order valence-electron chi connectivity index (χ2n) is 4.31. The molecule has 0 saturated carbocycles. The quantitative estimate of drug-likeness (QED) is 0.835. The number of amides is 3. The molecule has 0 aliphatic heterocycles. The minimum absolute atomic E-state index is 0.306. The number of aliphatic carboxylic acids is 1. The Bertz CT molecular complexity index is 586. The van der Waals surface area contributed by atoms with Crippen LogP contribution in [0.3, 0.4) is 0 Å². The Hall–Kier alpha value is -2.34. The number of hydrogen-bond donors (Lipinski definition) is 2. The fourth-order valence-corrected chi connectivity index (χ4v) is 1.75. The van der Waals surface area contributed by atoms with Crippen LogP contribution in [-0.4, -0.2) is 35.0 Å². The normalized spacial score (nSPS) is 12.0. The Morgan fingerprint density at radius 1 is 1.33 bits per heavy atom. The maximum Gasteiger partial charge on any atom is 0.328 e. The Kier molecular flexibility index (Phi) is 5.92. The van der Waals surface area contributed by atoms with Gasteiger partial charge in [0.15, 0.2) is 0 Å². The summed E-state index contributed by atoms with van der Waals surface area (Å²) < 4.78 is 0. The number of nitrogens with one attached hydrogen (secondary N) is 1. The molecule has 6 nitrogen and oxygen atoms in total. The highest BCUT2D eigenvalue weighted by Gasteiger charge is 2.18. The molecule has 0 aliphatic carbocycles. The van der Waals surface area contributed by atoms with Crippen molar-refractivity contribution >= 4 is 29.5 Å². The molecule has 0 spiro atoms. The Balaban J connectivity index is 2.69. The average Bonchev–Trinajstić information content (AvgIpc) is 2.43. The molecule has 21 heavy (non-hydrogen) atoms. The van der Waals surface area contributed by atoms with E-state index < -0.39 is 17.9 Å². The Morgan fingerprint density at radius 2 is 2.00 bits per heavy atom. The molecular formula is C14H15ClN2O4. The van der Waals surface area contributed by atoms with E-state index in [-0.39, 0.29) is 6.04 Å². The van der Waals surface area contributed by atoms with Gasteiger partial charge in [0, 0.05) is 24.2 Å². The van der Waals surface area contributed by atoms with Gasteiger partial charge in [0.25, 0.3) is 5.91 Å². The van der Waals surface area contributed by atoms with Gasteiger partial charge in [0.2, 0.25) is 0 Å². The van der Waals surface area contributed by atoms with Crippen LogP contribution in [0.1, 0.15) is 18.5 Å². The third kappa shape index (κ3) is 5.27. The first-order valence-electron chi connectivity index (χ1n) is 6.05. The summed E-state index contributed by atoms with van der Waals surface area (Å²) in [5, 5.41) is 11.0. The van der Waals surface area contributed by atoms with Crippen LogP contribution < -0.4 is 5.32 Å². The minimum Gasteiger partial charge on any atom is -0.478 e. The third-order valence-electron chi connectivity index (χ3n) is 2.84. The van der Waals surface area contributed by atoms with Crippen LogP contribution in [0.25, 0.3) is 0 Å². The lowest BCUT2D eigenvalue weighted by Crippen LogP contribution is -2.41. The summed E-state index contributed by atoms with van der Waals surface area (Å²) in [5.74, 6) is -2.06. The largest absolute Gasteiger partial charge is 0.478 e. The highest BCUT2D eigenvalue weighted by atomic mass is 35.5. The van der Waals surface area contributed by atoms with E-state index in [0.717, 1.165) is 11.6 Å². The van der Waals surface area contributed by atoms with E-state index in [2.05, 4.69) is 5.32 Å². The molecule has 1 aromatic carbocycles. The minimum atomic E-state index is -1.27. The molecular weight excluding hydrogens is 296 g/mol. The van der Waals surface area contributed by atoms with Crippen molar-refractivity contribution in [3.05, 3.63) is 47.0 Å². The summed E-state index contributed by atoms with van der Waals surface area (Å²) in [6.45, 7) is 1.78. The van der Waals surface area contributed by atoms with Crippen LogP contribution in [0.4, 0.5) is 4.79 Å². The van der Waals surface area contributed by atoms with Crippen molar-refractivity contribution in [2.75, 3.05) is 7.05 Å². The van der Waals surface area contributed by atoms with Gasteiger partial charge in [0.1, 0.15) is 0 Å². The van der Waals surface area contributed by atoms with Crippen LogP contribution in [0, 0.1) is 0 Å². The number of benzene rings is 1. The molecule has 2 N–H and O–H groups in total. The predicted molar refractivity (Wildman–Crippen MR) is 77.9 cm³/mol. The molecule has 7 heteroatoms. The van der Waals surface area contributed by atoms with E-state index in [1.54, 1.807) is 25.1 Å². The van der Waals surface area contributed by atoms with Gasteiger partial charge < -0.3 is 10.0 Å². The number of hydrogen-bond acceptors (Lipinski definition) is 3. The highest BCUT2D eigenvalue weighted by Crippen LogP contribution is 2.21. The van der Waals surface area contributed by atoms with Crippen molar-refractivity contribution in [2.45, 2.75) is 13.0 Å². The van der Waals surface area contributed by atoms with Crippen molar-refractivity contribution in [3.63, 3.8) is 0 Å². The van der Waals surface area contributed by atoms with E-state index >= 15 is 0 Å². The van der Waals surface area contributed by atoms with Gasteiger partial charge >= 0.3 is 12.0 Å². The first-order chi connectivity index (χ1) is 9.81. The van der Waals surface area contributed by atoms with Crippen LogP contribution in [0.2, 0.25) is 5.02 Å². The second-order valence-corrected chi connectivity index (χ2v) is 4.74. The zero-order valence-electron chi connectivity index (χ0n) is 11.5. The van der Waals surface area contributed by atoms with Crippen molar-refractivity contribution < 1.29 is 19.5 Å². The lowest BCUT2D eigenvalue weighted by atomic mass is 10.1. The van der Waals surface area contributed by atoms with E-state index in [4.69, 9.17) is 16.7 Å². The lowest BCUT2D eigenvalue weighted by Gasteiger charge is -2.25. The van der Waals surface area contributed by atoms with Gasteiger partial charge in [-0.15, -0.1) is 0 Å². The highest BCUT2D eigenvalue weighted by molar-refractivity contribution is 6.30. The number of carbonyl (C=O) groups excluding carboxylic acids is 2. The molecule has 0 aliphatic rings. The van der Waals surface area contributed by atoms with Crippen molar-refractivity contribution in [3.8, 4) is 0 Å². The van der Waals surface area contributed by atoms with Crippen molar-refractivity contribution in [1.29, 1.82) is 0 Å². The third-order valence-corrected chi connectivity index (χ3v) is 3.07.